The molecular formula is C32H40ClN7O4S. The van der Waals surface area contributed by atoms with E-state index >= 15 is 0 Å². The number of halogens is 1. The number of fused-ring (bicyclic) bond motifs is 1. The molecular weight excluding hydrogens is 614 g/mol. The largest absolute Gasteiger partial charge is 0.494 e. The molecule has 4 aromatic rings. The molecule has 1 N–H and O–H groups in total. The number of nitrogens with zero attached hydrogens (tertiary/aromatic N) is 6. The average molecular weight is 654 g/mol. The highest BCUT2D eigenvalue weighted by atomic mass is 35.5. The molecule has 4 heterocycles. The first-order chi connectivity index (χ1) is 21.7. The Morgan fingerprint density at radius 2 is 1.80 bits per heavy atom. The minimum absolute atomic E-state index is 0.0153. The molecule has 11 nitrogen and oxygen atoms in total. The number of hydrogen-bond donors (Lipinski definition) is 1. The molecule has 0 bridgehead atoms. The normalized spacial score (nSPS) is 17.2. The highest BCUT2D eigenvalue weighted by Gasteiger charge is 2.28. The van der Waals surface area contributed by atoms with Gasteiger partial charge in [0.1, 0.15) is 5.75 Å². The van der Waals surface area contributed by atoms with E-state index in [4.69, 9.17) is 25.5 Å². The second kappa shape index (κ2) is 13.1. The molecule has 2 fully saturated rings. The lowest BCUT2D eigenvalue weighted by molar-refractivity contribution is 0.0982. The number of rotatable bonds is 9. The van der Waals surface area contributed by atoms with Crippen LogP contribution in [0.2, 0.25) is 5.02 Å². The van der Waals surface area contributed by atoms with Crippen LogP contribution in [0, 0.1) is 6.92 Å². The molecule has 45 heavy (non-hydrogen) atoms. The van der Waals surface area contributed by atoms with E-state index in [-0.39, 0.29) is 11.6 Å². The van der Waals surface area contributed by atoms with Gasteiger partial charge in [0.15, 0.2) is 0 Å². The molecule has 0 unspecified atom stereocenters. The van der Waals surface area contributed by atoms with E-state index in [0.717, 1.165) is 73.0 Å². The number of benzene rings is 2. The number of aromatic nitrogens is 3. The van der Waals surface area contributed by atoms with Gasteiger partial charge < -0.3 is 19.9 Å². The number of piperidine rings is 1. The Morgan fingerprint density at radius 3 is 2.51 bits per heavy atom. The molecule has 0 spiro atoms. The maximum Gasteiger partial charge on any atom is 0.366 e. The summed E-state index contributed by atoms with van der Waals surface area (Å²) in [6.45, 7) is 10.3. The maximum atomic E-state index is 12.9. The Labute approximate surface area is 270 Å². The van der Waals surface area contributed by atoms with Crippen LogP contribution in [0.15, 0.2) is 48.8 Å². The summed E-state index contributed by atoms with van der Waals surface area (Å²) in [7, 11) is -0.191. The monoisotopic (exact) mass is 653 g/mol. The van der Waals surface area contributed by atoms with E-state index < -0.39 is 10.3 Å². The number of methoxy groups -OCH3 is 1. The van der Waals surface area contributed by atoms with Crippen LogP contribution in [-0.4, -0.2) is 98.2 Å². The van der Waals surface area contributed by atoms with Crippen molar-refractivity contribution in [3.8, 4) is 17.0 Å². The van der Waals surface area contributed by atoms with Gasteiger partial charge in [0.2, 0.25) is 5.95 Å². The van der Waals surface area contributed by atoms with Crippen molar-refractivity contribution in [2.45, 2.75) is 32.7 Å². The molecule has 0 aliphatic carbocycles. The van der Waals surface area contributed by atoms with Gasteiger partial charge in [0.25, 0.3) is 0 Å². The summed E-state index contributed by atoms with van der Waals surface area (Å²) in [5, 5.41) is 4.26. The zero-order valence-corrected chi connectivity index (χ0v) is 27.7. The maximum absolute atomic E-state index is 12.9. The zero-order valence-electron chi connectivity index (χ0n) is 26.2. The van der Waals surface area contributed by atoms with Gasteiger partial charge in [-0.3, -0.25) is 9.08 Å². The number of likely N-dealkylation sites (N-methyl/N-ethyl adjacent to an activating group) is 1. The van der Waals surface area contributed by atoms with Crippen molar-refractivity contribution in [1.82, 2.24) is 23.7 Å². The van der Waals surface area contributed by atoms with Gasteiger partial charge in [-0.2, -0.15) is 8.42 Å². The predicted octanol–water partition coefficient (Wildman–Crippen LogP) is 5.16. The van der Waals surface area contributed by atoms with E-state index in [9.17, 15) is 8.42 Å². The van der Waals surface area contributed by atoms with Gasteiger partial charge in [-0.15, -0.1) is 0 Å². The van der Waals surface area contributed by atoms with Crippen molar-refractivity contribution in [2.24, 2.45) is 0 Å². The van der Waals surface area contributed by atoms with Gasteiger partial charge >= 0.3 is 10.3 Å². The van der Waals surface area contributed by atoms with Gasteiger partial charge in [-0.1, -0.05) is 29.8 Å². The van der Waals surface area contributed by atoms with E-state index in [2.05, 4.69) is 51.1 Å². The fourth-order valence-corrected chi connectivity index (χ4v) is 7.65. The van der Waals surface area contributed by atoms with Gasteiger partial charge in [0, 0.05) is 74.2 Å². The van der Waals surface area contributed by atoms with Crippen LogP contribution >= 0.6 is 11.6 Å². The lowest BCUT2D eigenvalue weighted by Crippen LogP contribution is -2.52. The Kier molecular flexibility index (Phi) is 9.21. The molecule has 6 rings (SSSR count). The average Bonchev–Trinajstić information content (AvgIpc) is 3.43. The summed E-state index contributed by atoms with van der Waals surface area (Å²) in [5.41, 5.74) is 4.41. The number of ether oxygens (including phenoxy) is 1. The fraction of sp³-hybridized carbons (Fsp3) is 0.438. The third-order valence-corrected chi connectivity index (χ3v) is 10.4. The van der Waals surface area contributed by atoms with Crippen molar-refractivity contribution in [2.75, 3.05) is 70.2 Å². The third-order valence-electron chi connectivity index (χ3n) is 8.81. The highest BCUT2D eigenvalue weighted by Crippen LogP contribution is 2.38. The molecule has 0 radical (unpaired) electrons. The van der Waals surface area contributed by atoms with Crippen molar-refractivity contribution in [3.63, 3.8) is 0 Å². The van der Waals surface area contributed by atoms with Crippen LogP contribution in [0.3, 0.4) is 0 Å². The zero-order chi connectivity index (χ0) is 31.7. The number of anilines is 3. The van der Waals surface area contributed by atoms with E-state index in [1.54, 1.807) is 26.2 Å². The lowest BCUT2D eigenvalue weighted by atomic mass is 10.0. The summed E-state index contributed by atoms with van der Waals surface area (Å²) in [6.07, 6.45) is 5.29. The van der Waals surface area contributed by atoms with Crippen molar-refractivity contribution in [3.05, 3.63) is 59.4 Å². The summed E-state index contributed by atoms with van der Waals surface area (Å²) in [4.78, 5) is 16.7. The lowest BCUT2D eigenvalue weighted by Gasteiger charge is -2.43. The number of aryl methyl sites for hydroxylation is 1. The summed E-state index contributed by atoms with van der Waals surface area (Å²) < 4.78 is 37.7. The number of hydrogen-bond acceptors (Lipinski definition) is 10. The molecule has 0 atom stereocenters. The smallest absolute Gasteiger partial charge is 0.366 e. The van der Waals surface area contributed by atoms with E-state index in [1.165, 1.54) is 12.4 Å². The highest BCUT2D eigenvalue weighted by molar-refractivity contribution is 7.85. The number of piperazine rings is 1. The minimum Gasteiger partial charge on any atom is -0.494 e. The summed E-state index contributed by atoms with van der Waals surface area (Å²) >= 11 is 6.60. The van der Waals surface area contributed by atoms with E-state index in [0.29, 0.717) is 39.9 Å². The Morgan fingerprint density at radius 1 is 1.07 bits per heavy atom. The topological polar surface area (TPSA) is 105 Å². The molecule has 2 aliphatic rings. The van der Waals surface area contributed by atoms with Crippen molar-refractivity contribution in [1.29, 1.82) is 0 Å². The predicted molar refractivity (Wildman–Crippen MR) is 179 cm³/mol. The van der Waals surface area contributed by atoms with Gasteiger partial charge in [-0.05, 0) is 51.4 Å². The second-order valence-corrected chi connectivity index (χ2v) is 13.5. The third kappa shape index (κ3) is 6.48. The molecule has 2 aromatic carbocycles. The number of para-hydroxylation sites is 1. The second-order valence-electron chi connectivity index (χ2n) is 11.6. The summed E-state index contributed by atoms with van der Waals surface area (Å²) in [5.74, 6) is 0.980. The van der Waals surface area contributed by atoms with Crippen LogP contribution < -0.4 is 15.0 Å². The standard InChI is InChI=1S/C32H40ClN7O4S/c1-5-44-45(41,42)40-21-25(24-8-6-7-9-28(24)40)31-26(33)20-34-32(36-31)35-27-18-22(2)29(19-30(27)43-4)39-12-10-23(11-13-39)38-16-14-37(3)15-17-38/h6-9,18-21,23H,5,10-17H2,1-4H3,(H,34,35,36). The van der Waals surface area contributed by atoms with Gasteiger partial charge in [0.05, 0.1) is 41.8 Å². The molecule has 13 heteroatoms. The van der Waals surface area contributed by atoms with Crippen LogP contribution in [0.1, 0.15) is 25.3 Å². The van der Waals surface area contributed by atoms with Crippen LogP contribution in [0.5, 0.6) is 5.75 Å². The SMILES string of the molecule is CCOS(=O)(=O)n1cc(-c2nc(Nc3cc(C)c(N4CCC(N5CCN(C)CC5)CC4)cc3OC)ncc2Cl)c2ccccc21. The van der Waals surface area contributed by atoms with Gasteiger partial charge in [-0.25, -0.2) is 13.9 Å². The summed E-state index contributed by atoms with van der Waals surface area (Å²) in [6, 6.07) is 11.9. The van der Waals surface area contributed by atoms with Crippen LogP contribution in [0.25, 0.3) is 22.2 Å². The Bertz CT molecular complexity index is 1780. The molecule has 2 aromatic heterocycles. The van der Waals surface area contributed by atoms with Crippen LogP contribution in [0.4, 0.5) is 17.3 Å². The fourth-order valence-electron chi connectivity index (χ4n) is 6.41. The molecule has 0 amide bonds. The van der Waals surface area contributed by atoms with Crippen LogP contribution in [-0.2, 0) is 14.5 Å². The van der Waals surface area contributed by atoms with Crippen molar-refractivity contribution >= 4 is 50.1 Å². The quantitative estimate of drug-likeness (QED) is 0.261. The molecule has 0 saturated carbocycles. The minimum atomic E-state index is -4.04. The first-order valence-corrected chi connectivity index (χ1v) is 17.1. The first-order valence-electron chi connectivity index (χ1n) is 15.3. The Balaban J connectivity index is 1.25. The Hall–Kier alpha value is -3.42. The molecule has 2 saturated heterocycles. The number of nitrogens with one attached hydrogen (secondary N) is 1. The molecule has 240 valence electrons. The van der Waals surface area contributed by atoms with Crippen molar-refractivity contribution < 1.29 is 17.3 Å². The first kappa shape index (κ1) is 31.6. The van der Waals surface area contributed by atoms with E-state index in [1.807, 2.05) is 12.1 Å². The molecule has 2 aliphatic heterocycles.